The van der Waals surface area contributed by atoms with Gasteiger partial charge in [-0.1, -0.05) is 38.8 Å². The van der Waals surface area contributed by atoms with Gasteiger partial charge in [-0.2, -0.15) is 0 Å². The molecule has 0 aliphatic rings. The fraction of sp³-hybridized carbons (Fsp3) is 0.600. The summed E-state index contributed by atoms with van der Waals surface area (Å²) < 4.78 is 9.26. The lowest BCUT2D eigenvalue weighted by molar-refractivity contribution is -0.139. The third kappa shape index (κ3) is 14.7. The summed E-state index contributed by atoms with van der Waals surface area (Å²) in [5, 5.41) is 0. The third-order valence-electron chi connectivity index (χ3n) is 2.19. The highest BCUT2D eigenvalue weighted by molar-refractivity contribution is 6.76. The van der Waals surface area contributed by atoms with E-state index in [-0.39, 0.29) is 11.9 Å². The van der Waals surface area contributed by atoms with E-state index in [1.54, 1.807) is 13.8 Å². The van der Waals surface area contributed by atoms with Crippen molar-refractivity contribution in [3.8, 4) is 0 Å². The highest BCUT2D eigenvalue weighted by Crippen LogP contribution is 2.10. The molecule has 116 valence electrons. The summed E-state index contributed by atoms with van der Waals surface area (Å²) in [5.41, 5.74) is 0.913. The molecule has 0 unspecified atom stereocenters. The molecule has 0 rings (SSSR count). The summed E-state index contributed by atoms with van der Waals surface area (Å²) in [4.78, 5) is 21.1. The Labute approximate surface area is 123 Å². The van der Waals surface area contributed by atoms with Gasteiger partial charge in [0.25, 0.3) is 0 Å². The Morgan fingerprint density at radius 1 is 1.00 bits per heavy atom. The summed E-state index contributed by atoms with van der Waals surface area (Å²) in [7, 11) is 0.360. The Bertz CT molecular complexity index is 353. The molecule has 0 fully saturated rings. The van der Waals surface area contributed by atoms with Crippen LogP contribution < -0.4 is 0 Å². The molecule has 5 heteroatoms. The Morgan fingerprint density at radius 2 is 1.45 bits per heavy atom. The molecule has 0 amide bonds. The van der Waals surface area contributed by atoms with E-state index in [2.05, 4.69) is 37.5 Å². The third-order valence-corrected chi connectivity index (χ3v) is 4.04. The van der Waals surface area contributed by atoms with Crippen molar-refractivity contribution in [2.75, 3.05) is 13.7 Å². The quantitative estimate of drug-likeness (QED) is 0.326. The van der Waals surface area contributed by atoms with Crippen molar-refractivity contribution in [1.29, 1.82) is 0 Å². The van der Waals surface area contributed by atoms with Gasteiger partial charge in [0.05, 0.1) is 13.7 Å². The Kier molecular flexibility index (Phi) is 10.9. The van der Waals surface area contributed by atoms with Crippen LogP contribution in [0.5, 0.6) is 0 Å². The molecule has 0 aliphatic carbocycles. The van der Waals surface area contributed by atoms with E-state index in [0.29, 0.717) is 17.8 Å². The summed E-state index contributed by atoms with van der Waals surface area (Å²) in [6, 6.07) is 1.20. The van der Waals surface area contributed by atoms with E-state index in [1.165, 1.54) is 13.2 Å². The number of carbonyl (C=O) groups is 2. The smallest absolute Gasteiger partial charge is 0.333 e. The minimum atomic E-state index is -0.970. The lowest BCUT2D eigenvalue weighted by atomic mass is 10.4. The predicted octanol–water partition coefficient (Wildman–Crippen LogP) is 3.57. The molecule has 0 aromatic heterocycles. The van der Waals surface area contributed by atoms with E-state index in [9.17, 15) is 9.59 Å². The zero-order valence-corrected chi connectivity index (χ0v) is 14.7. The van der Waals surface area contributed by atoms with Crippen molar-refractivity contribution in [2.24, 2.45) is 0 Å². The van der Waals surface area contributed by atoms with Crippen molar-refractivity contribution in [3.63, 3.8) is 0 Å². The fourth-order valence-corrected chi connectivity index (χ4v) is 2.27. The van der Waals surface area contributed by atoms with Gasteiger partial charge in [0.15, 0.2) is 0 Å². The Balaban J connectivity index is 0. The maximum atomic E-state index is 11.0. The van der Waals surface area contributed by atoms with Crippen molar-refractivity contribution in [1.82, 2.24) is 0 Å². The maximum absolute atomic E-state index is 11.0. The van der Waals surface area contributed by atoms with Gasteiger partial charge in [-0.3, -0.25) is 0 Å². The Morgan fingerprint density at radius 3 is 1.70 bits per heavy atom. The van der Waals surface area contributed by atoms with Crippen molar-refractivity contribution < 1.29 is 19.1 Å². The average molecular weight is 300 g/mol. The number of hydrogen-bond acceptors (Lipinski definition) is 4. The molecule has 0 aromatic carbocycles. The van der Waals surface area contributed by atoms with Gasteiger partial charge in [-0.15, -0.1) is 0 Å². The van der Waals surface area contributed by atoms with Crippen LogP contribution in [0.25, 0.3) is 0 Å². The van der Waals surface area contributed by atoms with Crippen LogP contribution in [0.2, 0.25) is 25.7 Å². The molecule has 0 saturated carbocycles. The maximum Gasteiger partial charge on any atom is 0.333 e. The summed E-state index contributed by atoms with van der Waals surface area (Å²) >= 11 is 0. The van der Waals surface area contributed by atoms with Gasteiger partial charge in [0, 0.05) is 19.2 Å². The van der Waals surface area contributed by atoms with E-state index < -0.39 is 8.07 Å². The second kappa shape index (κ2) is 10.4. The molecule has 4 nitrogen and oxygen atoms in total. The highest BCUT2D eigenvalue weighted by Gasteiger charge is 2.12. The standard InChI is InChI=1S/C10H20O2Si.C5H8O2/c1-9(2)10(11)12-7-6-8-13(3,4)5;1-4(2)5(6)7-3/h1,6-8H2,2-5H3;1H2,2-3H3. The SMILES string of the molecule is C=C(C)C(=O)OC.C=C(C)C(=O)OCCC[Si](C)(C)C. The minimum Gasteiger partial charge on any atom is -0.466 e. The predicted molar refractivity (Wildman–Crippen MR) is 85.4 cm³/mol. The number of ether oxygens (including phenoxy) is 2. The lowest BCUT2D eigenvalue weighted by Gasteiger charge is -2.14. The molecule has 0 bridgehead atoms. The summed E-state index contributed by atoms with van der Waals surface area (Å²) in [6.07, 6.45) is 0.981. The normalized spacial score (nSPS) is 9.90. The summed E-state index contributed by atoms with van der Waals surface area (Å²) in [6.45, 7) is 17.6. The lowest BCUT2D eigenvalue weighted by Crippen LogP contribution is -2.20. The van der Waals surface area contributed by atoms with Crippen LogP contribution in [0, 0.1) is 0 Å². The molecule has 0 heterocycles. The van der Waals surface area contributed by atoms with E-state index in [0.717, 1.165) is 6.42 Å². The molecule has 20 heavy (non-hydrogen) atoms. The number of esters is 2. The molecular weight excluding hydrogens is 272 g/mol. The molecular formula is C15H28O4Si. The van der Waals surface area contributed by atoms with Crippen molar-refractivity contribution in [3.05, 3.63) is 24.3 Å². The van der Waals surface area contributed by atoms with Crippen LogP contribution in [-0.2, 0) is 19.1 Å². The molecule has 0 N–H and O–H groups in total. The Hall–Kier alpha value is -1.36. The largest absolute Gasteiger partial charge is 0.466 e. The molecule has 0 aliphatic heterocycles. The van der Waals surface area contributed by atoms with E-state index in [1.807, 2.05) is 0 Å². The number of carbonyl (C=O) groups excluding carboxylic acids is 2. The first kappa shape index (κ1) is 20.9. The zero-order valence-electron chi connectivity index (χ0n) is 13.7. The van der Waals surface area contributed by atoms with Gasteiger partial charge in [-0.25, -0.2) is 9.59 Å². The first-order chi connectivity index (χ1) is 9.01. The number of methoxy groups -OCH3 is 1. The monoisotopic (exact) mass is 300 g/mol. The number of hydrogen-bond donors (Lipinski definition) is 0. The van der Waals surface area contributed by atoms with Gasteiger partial charge in [-0.05, 0) is 20.3 Å². The molecule has 0 spiro atoms. The van der Waals surface area contributed by atoms with E-state index in [4.69, 9.17) is 4.74 Å². The van der Waals surface area contributed by atoms with Crippen LogP contribution in [0.3, 0.4) is 0 Å². The van der Waals surface area contributed by atoms with Crippen LogP contribution in [-0.4, -0.2) is 33.7 Å². The zero-order chi connectivity index (χ0) is 16.3. The van der Waals surface area contributed by atoms with Crippen LogP contribution >= 0.6 is 0 Å². The van der Waals surface area contributed by atoms with Crippen molar-refractivity contribution >= 4 is 20.0 Å². The average Bonchev–Trinajstić information content (AvgIpc) is 2.32. The second-order valence-electron chi connectivity index (χ2n) is 5.85. The van der Waals surface area contributed by atoms with Gasteiger partial charge in [0.2, 0.25) is 0 Å². The molecule has 0 atom stereocenters. The van der Waals surface area contributed by atoms with Crippen LogP contribution in [0.1, 0.15) is 20.3 Å². The second-order valence-corrected chi connectivity index (χ2v) is 11.5. The first-order valence-electron chi connectivity index (χ1n) is 6.57. The molecule has 0 radical (unpaired) electrons. The fourth-order valence-electron chi connectivity index (χ4n) is 1.06. The van der Waals surface area contributed by atoms with Crippen LogP contribution in [0.15, 0.2) is 24.3 Å². The highest BCUT2D eigenvalue weighted by atomic mass is 28.3. The summed E-state index contributed by atoms with van der Waals surface area (Å²) in [5.74, 6) is -0.615. The van der Waals surface area contributed by atoms with Crippen molar-refractivity contribution in [2.45, 2.75) is 46.0 Å². The molecule has 0 aromatic rings. The van der Waals surface area contributed by atoms with Gasteiger partial charge < -0.3 is 9.47 Å². The van der Waals surface area contributed by atoms with Gasteiger partial charge in [0.1, 0.15) is 0 Å². The first-order valence-corrected chi connectivity index (χ1v) is 10.3. The number of rotatable bonds is 6. The molecule has 0 saturated heterocycles. The minimum absolute atomic E-state index is 0.268. The van der Waals surface area contributed by atoms with E-state index >= 15 is 0 Å². The van der Waals surface area contributed by atoms with Gasteiger partial charge >= 0.3 is 11.9 Å². The van der Waals surface area contributed by atoms with Crippen LogP contribution in [0.4, 0.5) is 0 Å². The topological polar surface area (TPSA) is 52.6 Å².